The summed E-state index contributed by atoms with van der Waals surface area (Å²) in [5, 5.41) is 3.63. The van der Waals surface area contributed by atoms with Crippen LogP contribution in [0.1, 0.15) is 60.3 Å². The first-order valence-electron chi connectivity index (χ1n) is 9.16. The number of nitrogens with one attached hydrogen (secondary N) is 1. The van der Waals surface area contributed by atoms with Crippen molar-refractivity contribution in [1.29, 1.82) is 0 Å². The van der Waals surface area contributed by atoms with E-state index in [9.17, 15) is 9.59 Å². The van der Waals surface area contributed by atoms with Gasteiger partial charge in [-0.2, -0.15) is 0 Å². The van der Waals surface area contributed by atoms with Crippen LogP contribution >= 0.6 is 0 Å². The molecule has 2 aliphatic rings. The zero-order valence-electron chi connectivity index (χ0n) is 15.4. The lowest BCUT2D eigenvalue weighted by Crippen LogP contribution is -2.59. The Labute approximate surface area is 140 Å². The molecule has 1 N–H and O–H groups in total. The van der Waals surface area contributed by atoms with Crippen LogP contribution in [0.15, 0.2) is 0 Å². The number of piperidine rings is 1. The number of hydrogen-bond acceptors (Lipinski definition) is 3. The van der Waals surface area contributed by atoms with Crippen LogP contribution < -0.4 is 5.32 Å². The lowest BCUT2D eigenvalue weighted by Gasteiger charge is -2.44. The summed E-state index contributed by atoms with van der Waals surface area (Å²) in [7, 11) is 0. The molecular weight excluding hydrogens is 290 g/mol. The first kappa shape index (κ1) is 18.2. The smallest absolute Gasteiger partial charge is 0.241 e. The number of nitrogens with zero attached hydrogens (tertiary/aromatic N) is 2. The molecule has 1 atom stereocenters. The average Bonchev–Trinajstić information content (AvgIpc) is 2.70. The van der Waals surface area contributed by atoms with Gasteiger partial charge in [0.25, 0.3) is 0 Å². The standard InChI is InChI=1S/C18H33N3O2/c1-6-21-17(23)15(11-13(2)3)19-18(21)7-9-20(10-8-18)16(22)12-14(4)5/h13-15,19H,6-12H2,1-5H3/t15-/m1/s1. The normalized spacial score (nSPS) is 24.3. The quantitative estimate of drug-likeness (QED) is 0.844. The minimum Gasteiger partial charge on any atom is -0.342 e. The minimum absolute atomic E-state index is 0.0622. The molecule has 0 saturated carbocycles. The van der Waals surface area contributed by atoms with E-state index < -0.39 is 0 Å². The Kier molecular flexibility index (Phi) is 5.71. The van der Waals surface area contributed by atoms with Gasteiger partial charge in [0, 0.05) is 38.9 Å². The van der Waals surface area contributed by atoms with Crippen LogP contribution in [0.2, 0.25) is 0 Å². The summed E-state index contributed by atoms with van der Waals surface area (Å²) in [5.41, 5.74) is -0.236. The monoisotopic (exact) mass is 323 g/mol. The van der Waals surface area contributed by atoms with Crippen molar-refractivity contribution in [3.8, 4) is 0 Å². The van der Waals surface area contributed by atoms with E-state index in [0.29, 0.717) is 18.3 Å². The predicted molar refractivity (Wildman–Crippen MR) is 91.8 cm³/mol. The molecule has 0 unspecified atom stereocenters. The van der Waals surface area contributed by atoms with Gasteiger partial charge in [-0.05, 0) is 25.2 Å². The second kappa shape index (κ2) is 7.20. The summed E-state index contributed by atoms with van der Waals surface area (Å²) in [6, 6.07) is -0.0622. The molecule has 0 radical (unpaired) electrons. The molecule has 0 aromatic carbocycles. The van der Waals surface area contributed by atoms with Crippen LogP contribution in [0.25, 0.3) is 0 Å². The van der Waals surface area contributed by atoms with Gasteiger partial charge < -0.3 is 9.80 Å². The van der Waals surface area contributed by atoms with Gasteiger partial charge >= 0.3 is 0 Å². The molecule has 0 aromatic rings. The second-order valence-corrected chi connectivity index (χ2v) is 7.92. The molecule has 5 nitrogen and oxygen atoms in total. The highest BCUT2D eigenvalue weighted by Crippen LogP contribution is 2.34. The lowest BCUT2D eigenvalue weighted by atomic mass is 9.95. The van der Waals surface area contributed by atoms with Gasteiger partial charge in [0.05, 0.1) is 11.7 Å². The molecule has 2 heterocycles. The molecule has 23 heavy (non-hydrogen) atoms. The Hall–Kier alpha value is -1.10. The van der Waals surface area contributed by atoms with E-state index in [4.69, 9.17) is 0 Å². The van der Waals surface area contributed by atoms with Crippen molar-refractivity contribution >= 4 is 11.8 Å². The molecule has 0 bridgehead atoms. The zero-order valence-corrected chi connectivity index (χ0v) is 15.4. The van der Waals surface area contributed by atoms with Gasteiger partial charge in [-0.25, -0.2) is 0 Å². The summed E-state index contributed by atoms with van der Waals surface area (Å²) in [5.74, 6) is 1.38. The van der Waals surface area contributed by atoms with Crippen LogP contribution in [-0.2, 0) is 9.59 Å². The van der Waals surface area contributed by atoms with Gasteiger partial charge in [-0.1, -0.05) is 27.7 Å². The van der Waals surface area contributed by atoms with Crippen molar-refractivity contribution in [3.63, 3.8) is 0 Å². The fourth-order valence-electron chi connectivity index (χ4n) is 3.97. The van der Waals surface area contributed by atoms with E-state index in [1.54, 1.807) is 0 Å². The Morgan fingerprint density at radius 1 is 1.22 bits per heavy atom. The van der Waals surface area contributed by atoms with Crippen LogP contribution in [-0.4, -0.2) is 53.0 Å². The largest absolute Gasteiger partial charge is 0.342 e. The highest BCUT2D eigenvalue weighted by molar-refractivity contribution is 5.85. The topological polar surface area (TPSA) is 52.7 Å². The van der Waals surface area contributed by atoms with Crippen LogP contribution in [0.4, 0.5) is 0 Å². The Bertz CT molecular complexity index is 440. The lowest BCUT2D eigenvalue weighted by molar-refractivity contribution is -0.137. The Balaban J connectivity index is 2.03. The van der Waals surface area contributed by atoms with Gasteiger partial charge in [-0.3, -0.25) is 14.9 Å². The second-order valence-electron chi connectivity index (χ2n) is 7.92. The van der Waals surface area contributed by atoms with Gasteiger partial charge in [0.15, 0.2) is 0 Å². The maximum atomic E-state index is 12.7. The Morgan fingerprint density at radius 2 is 1.83 bits per heavy atom. The van der Waals surface area contributed by atoms with Crippen molar-refractivity contribution in [2.24, 2.45) is 11.8 Å². The minimum atomic E-state index is -0.236. The molecule has 2 amide bonds. The van der Waals surface area contributed by atoms with Crippen molar-refractivity contribution < 1.29 is 9.59 Å². The van der Waals surface area contributed by atoms with E-state index in [1.165, 1.54) is 0 Å². The van der Waals surface area contributed by atoms with Crippen molar-refractivity contribution in [1.82, 2.24) is 15.1 Å². The van der Waals surface area contributed by atoms with E-state index >= 15 is 0 Å². The van der Waals surface area contributed by atoms with E-state index in [1.807, 2.05) is 9.80 Å². The third kappa shape index (κ3) is 3.87. The Morgan fingerprint density at radius 3 is 2.30 bits per heavy atom. The van der Waals surface area contributed by atoms with Crippen LogP contribution in [0.5, 0.6) is 0 Å². The maximum Gasteiger partial charge on any atom is 0.241 e. The highest BCUT2D eigenvalue weighted by atomic mass is 16.2. The predicted octanol–water partition coefficient (Wildman–Crippen LogP) is 2.22. The zero-order chi connectivity index (χ0) is 17.2. The van der Waals surface area contributed by atoms with Gasteiger partial charge in [-0.15, -0.1) is 0 Å². The van der Waals surface area contributed by atoms with Gasteiger partial charge in [0.2, 0.25) is 11.8 Å². The SMILES string of the molecule is CCN1C(=O)[C@@H](CC(C)C)NC12CCN(C(=O)CC(C)C)CC2. The number of likely N-dealkylation sites (N-methyl/N-ethyl adjacent to an activating group) is 1. The van der Waals surface area contributed by atoms with E-state index in [0.717, 1.165) is 38.9 Å². The molecule has 132 valence electrons. The van der Waals surface area contributed by atoms with Crippen LogP contribution in [0.3, 0.4) is 0 Å². The third-order valence-corrected chi connectivity index (χ3v) is 5.07. The molecule has 2 fully saturated rings. The molecule has 0 aliphatic carbocycles. The third-order valence-electron chi connectivity index (χ3n) is 5.07. The average molecular weight is 323 g/mol. The first-order valence-corrected chi connectivity index (χ1v) is 9.16. The number of rotatable bonds is 5. The first-order chi connectivity index (χ1) is 10.8. The summed E-state index contributed by atoms with van der Waals surface area (Å²) in [6.45, 7) is 12.8. The summed E-state index contributed by atoms with van der Waals surface area (Å²) in [4.78, 5) is 28.9. The molecule has 1 spiro atoms. The number of likely N-dealkylation sites (tertiary alicyclic amines) is 1. The van der Waals surface area contributed by atoms with Crippen molar-refractivity contribution in [2.75, 3.05) is 19.6 Å². The summed E-state index contributed by atoms with van der Waals surface area (Å²) in [6.07, 6.45) is 3.18. The van der Waals surface area contributed by atoms with Crippen molar-refractivity contribution in [3.05, 3.63) is 0 Å². The molecule has 2 saturated heterocycles. The molecule has 5 heteroatoms. The number of hydrogen-bond donors (Lipinski definition) is 1. The molecule has 2 aliphatic heterocycles. The highest BCUT2D eigenvalue weighted by Gasteiger charge is 2.50. The fourth-order valence-corrected chi connectivity index (χ4v) is 3.97. The maximum absolute atomic E-state index is 12.7. The summed E-state index contributed by atoms with van der Waals surface area (Å²) >= 11 is 0. The summed E-state index contributed by atoms with van der Waals surface area (Å²) < 4.78 is 0. The van der Waals surface area contributed by atoms with E-state index in [2.05, 4.69) is 39.9 Å². The number of carbonyl (C=O) groups is 2. The van der Waals surface area contributed by atoms with Crippen molar-refractivity contribution in [2.45, 2.75) is 72.0 Å². The number of amides is 2. The molecule has 2 rings (SSSR count). The molecule has 0 aromatic heterocycles. The fraction of sp³-hybridized carbons (Fsp3) is 0.889. The van der Waals surface area contributed by atoms with Crippen LogP contribution in [0, 0.1) is 11.8 Å². The molecular formula is C18H33N3O2. The van der Waals surface area contributed by atoms with E-state index in [-0.39, 0.29) is 23.5 Å². The van der Waals surface area contributed by atoms with Gasteiger partial charge in [0.1, 0.15) is 0 Å². The number of carbonyl (C=O) groups excluding carboxylic acids is 2.